The molecule has 0 aliphatic carbocycles. The van der Waals surface area contributed by atoms with E-state index >= 15 is 0 Å². The predicted molar refractivity (Wildman–Crippen MR) is 64.0 cm³/mol. The second kappa shape index (κ2) is 6.33. The zero-order valence-electron chi connectivity index (χ0n) is 9.36. The molecule has 0 aromatic heterocycles. The number of carbonyl (C=O) groups excluding carboxylic acids is 1. The van der Waals surface area contributed by atoms with Crippen molar-refractivity contribution < 1.29 is 24.1 Å². The highest BCUT2D eigenvalue weighted by molar-refractivity contribution is 6.33. The van der Waals surface area contributed by atoms with Crippen molar-refractivity contribution in [3.05, 3.63) is 33.6 Å². The molecule has 0 spiro atoms. The summed E-state index contributed by atoms with van der Waals surface area (Å²) in [7, 11) is 1.15. The Morgan fingerprint density at radius 3 is 2.61 bits per heavy atom. The van der Waals surface area contributed by atoms with E-state index in [1.54, 1.807) is 0 Å². The van der Waals surface area contributed by atoms with E-state index in [0.717, 1.165) is 13.2 Å². The molecule has 0 bridgehead atoms. The molecule has 2 unspecified atom stereocenters. The highest BCUT2D eigenvalue weighted by Crippen LogP contribution is 2.31. The van der Waals surface area contributed by atoms with E-state index in [2.05, 4.69) is 4.74 Å². The zero-order valence-corrected chi connectivity index (χ0v) is 10.9. The molecule has 0 saturated heterocycles. The summed E-state index contributed by atoms with van der Waals surface area (Å²) in [4.78, 5) is 11.0. The topological polar surface area (TPSA) is 66.8 Å². The summed E-state index contributed by atoms with van der Waals surface area (Å²) in [5.74, 6) is -1.52. The molecule has 0 aliphatic rings. The van der Waals surface area contributed by atoms with Crippen LogP contribution in [0, 0.1) is 5.82 Å². The van der Waals surface area contributed by atoms with Gasteiger partial charge in [0.15, 0.2) is 0 Å². The molecule has 4 nitrogen and oxygen atoms in total. The van der Waals surface area contributed by atoms with Crippen LogP contribution in [-0.2, 0) is 9.53 Å². The van der Waals surface area contributed by atoms with Gasteiger partial charge in [0, 0.05) is 10.6 Å². The summed E-state index contributed by atoms with van der Waals surface area (Å²) >= 11 is 11.3. The summed E-state index contributed by atoms with van der Waals surface area (Å²) < 4.78 is 17.6. The van der Waals surface area contributed by atoms with E-state index in [1.807, 2.05) is 0 Å². The van der Waals surface area contributed by atoms with Crippen molar-refractivity contribution in [2.75, 3.05) is 7.11 Å². The van der Waals surface area contributed by atoms with Gasteiger partial charge in [-0.25, -0.2) is 4.39 Å². The van der Waals surface area contributed by atoms with Gasteiger partial charge in [-0.3, -0.25) is 4.79 Å². The molecule has 0 heterocycles. The average molecular weight is 297 g/mol. The van der Waals surface area contributed by atoms with E-state index in [9.17, 15) is 19.4 Å². The Morgan fingerprint density at radius 1 is 1.44 bits per heavy atom. The van der Waals surface area contributed by atoms with E-state index < -0.39 is 30.4 Å². The first-order chi connectivity index (χ1) is 8.36. The van der Waals surface area contributed by atoms with Crippen molar-refractivity contribution in [1.82, 2.24) is 0 Å². The Balaban J connectivity index is 2.96. The Hall–Kier alpha value is -0.880. The molecule has 1 aromatic carbocycles. The van der Waals surface area contributed by atoms with Crippen molar-refractivity contribution in [3.63, 3.8) is 0 Å². The number of aliphatic hydroxyl groups is 2. The maximum absolute atomic E-state index is 13.3. The van der Waals surface area contributed by atoms with Crippen LogP contribution in [0.4, 0.5) is 4.39 Å². The third kappa shape index (κ3) is 3.55. The molecule has 2 atom stereocenters. The van der Waals surface area contributed by atoms with Crippen LogP contribution in [0.25, 0.3) is 0 Å². The van der Waals surface area contributed by atoms with Crippen molar-refractivity contribution in [2.24, 2.45) is 0 Å². The van der Waals surface area contributed by atoms with Crippen molar-refractivity contribution >= 4 is 29.2 Å². The van der Waals surface area contributed by atoms with Crippen LogP contribution in [-0.4, -0.2) is 29.4 Å². The molecular weight excluding hydrogens is 286 g/mol. The normalized spacial score (nSPS) is 14.1. The minimum Gasteiger partial charge on any atom is -0.469 e. The van der Waals surface area contributed by atoms with Crippen LogP contribution >= 0.6 is 23.2 Å². The number of hydrogen-bond donors (Lipinski definition) is 2. The van der Waals surface area contributed by atoms with Gasteiger partial charge in [0.05, 0.1) is 24.7 Å². The number of benzene rings is 1. The molecule has 0 fully saturated rings. The number of carbonyl (C=O) groups is 1. The first kappa shape index (κ1) is 15.2. The van der Waals surface area contributed by atoms with Crippen LogP contribution in [0.2, 0.25) is 10.0 Å². The van der Waals surface area contributed by atoms with Gasteiger partial charge >= 0.3 is 5.97 Å². The molecule has 2 N–H and O–H groups in total. The smallest absolute Gasteiger partial charge is 0.308 e. The fourth-order valence-corrected chi connectivity index (χ4v) is 1.80. The van der Waals surface area contributed by atoms with Crippen LogP contribution in [0.15, 0.2) is 12.1 Å². The number of ether oxygens (including phenoxy) is 1. The van der Waals surface area contributed by atoms with Gasteiger partial charge in [-0.05, 0) is 12.1 Å². The van der Waals surface area contributed by atoms with E-state index in [1.165, 1.54) is 6.07 Å². The second-order valence-corrected chi connectivity index (χ2v) is 4.40. The highest BCUT2D eigenvalue weighted by Gasteiger charge is 2.25. The lowest BCUT2D eigenvalue weighted by atomic mass is 10.0. The minimum atomic E-state index is -1.54. The lowest BCUT2D eigenvalue weighted by molar-refractivity contribution is -0.144. The van der Waals surface area contributed by atoms with Gasteiger partial charge in [-0.15, -0.1) is 0 Å². The summed E-state index contributed by atoms with van der Waals surface area (Å²) in [5.41, 5.74) is -0.0851. The minimum absolute atomic E-state index is 0.0243. The summed E-state index contributed by atoms with van der Waals surface area (Å²) in [6.07, 6.45) is -3.44. The number of aliphatic hydroxyl groups excluding tert-OH is 2. The Bertz CT molecular complexity index is 453. The first-order valence-electron chi connectivity index (χ1n) is 4.94. The molecule has 0 radical (unpaired) electrons. The van der Waals surface area contributed by atoms with Crippen LogP contribution in [0.1, 0.15) is 18.1 Å². The largest absolute Gasteiger partial charge is 0.469 e. The molecule has 0 amide bonds. The van der Waals surface area contributed by atoms with Gasteiger partial charge < -0.3 is 14.9 Å². The monoisotopic (exact) mass is 296 g/mol. The average Bonchev–Trinajstić information content (AvgIpc) is 2.32. The number of esters is 1. The molecule has 1 rings (SSSR count). The van der Waals surface area contributed by atoms with E-state index in [4.69, 9.17) is 23.2 Å². The standard InChI is InChI=1S/C11H11Cl2FO4/c1-18-9(16)4-8(15)11(17)6-2-5(12)3-7(14)10(6)13/h2-3,8,11,15,17H,4H2,1H3. The Kier molecular flexibility index (Phi) is 5.34. The van der Waals surface area contributed by atoms with Gasteiger partial charge in [-0.1, -0.05) is 23.2 Å². The Morgan fingerprint density at radius 2 is 2.06 bits per heavy atom. The quantitative estimate of drug-likeness (QED) is 0.659. The first-order valence-corrected chi connectivity index (χ1v) is 5.69. The molecular formula is C11H11Cl2FO4. The summed E-state index contributed by atoms with van der Waals surface area (Å²) in [6.45, 7) is 0. The van der Waals surface area contributed by atoms with E-state index in [0.29, 0.717) is 0 Å². The highest BCUT2D eigenvalue weighted by atomic mass is 35.5. The number of rotatable bonds is 4. The third-order valence-corrected chi connectivity index (χ3v) is 2.92. The van der Waals surface area contributed by atoms with Gasteiger partial charge in [0.1, 0.15) is 11.9 Å². The number of hydrogen-bond acceptors (Lipinski definition) is 4. The Labute approximate surface area is 113 Å². The number of methoxy groups -OCH3 is 1. The molecule has 1 aromatic rings. The van der Waals surface area contributed by atoms with Crippen molar-refractivity contribution in [1.29, 1.82) is 0 Å². The molecule has 100 valence electrons. The fourth-order valence-electron chi connectivity index (χ4n) is 1.36. The van der Waals surface area contributed by atoms with Crippen LogP contribution < -0.4 is 0 Å². The molecule has 18 heavy (non-hydrogen) atoms. The predicted octanol–water partition coefficient (Wildman–Crippen LogP) is 2.09. The van der Waals surface area contributed by atoms with Crippen molar-refractivity contribution in [3.8, 4) is 0 Å². The number of halogens is 3. The summed E-state index contributed by atoms with van der Waals surface area (Å²) in [6, 6.07) is 2.20. The molecule has 0 saturated carbocycles. The lowest BCUT2D eigenvalue weighted by Gasteiger charge is -2.18. The SMILES string of the molecule is COC(=O)CC(O)C(O)c1cc(Cl)cc(F)c1Cl. The van der Waals surface area contributed by atoms with Gasteiger partial charge in [-0.2, -0.15) is 0 Å². The third-order valence-electron chi connectivity index (χ3n) is 2.31. The summed E-state index contributed by atoms with van der Waals surface area (Å²) in [5, 5.41) is 19.1. The molecule has 7 heteroatoms. The van der Waals surface area contributed by atoms with E-state index in [-0.39, 0.29) is 15.6 Å². The molecule has 0 aliphatic heterocycles. The van der Waals surface area contributed by atoms with Gasteiger partial charge in [0.2, 0.25) is 0 Å². The zero-order chi connectivity index (χ0) is 13.9. The maximum atomic E-state index is 13.3. The van der Waals surface area contributed by atoms with Crippen LogP contribution in [0.3, 0.4) is 0 Å². The fraction of sp³-hybridized carbons (Fsp3) is 0.364. The van der Waals surface area contributed by atoms with Crippen LogP contribution in [0.5, 0.6) is 0 Å². The van der Waals surface area contributed by atoms with Crippen molar-refractivity contribution in [2.45, 2.75) is 18.6 Å². The van der Waals surface area contributed by atoms with Gasteiger partial charge in [0.25, 0.3) is 0 Å². The second-order valence-electron chi connectivity index (χ2n) is 3.58. The lowest BCUT2D eigenvalue weighted by Crippen LogP contribution is -2.23. The maximum Gasteiger partial charge on any atom is 0.308 e.